The second-order valence-electron chi connectivity index (χ2n) is 4.54. The molecule has 0 spiro atoms. The van der Waals surface area contributed by atoms with E-state index >= 15 is 0 Å². The minimum atomic E-state index is -0.114. The molecule has 0 saturated heterocycles. The van der Waals surface area contributed by atoms with Crippen molar-refractivity contribution in [3.63, 3.8) is 0 Å². The number of nitrogens with one attached hydrogen (secondary N) is 1. The fraction of sp³-hybridized carbons (Fsp3) is 0.267. The van der Waals surface area contributed by atoms with Crippen LogP contribution in [-0.2, 0) is 11.2 Å². The first-order valence-electron chi connectivity index (χ1n) is 6.15. The average molecular weight is 322 g/mol. The lowest BCUT2D eigenvalue weighted by atomic mass is 10.1. The number of halogens is 1. The molecule has 0 saturated carbocycles. The highest BCUT2D eigenvalue weighted by molar-refractivity contribution is 9.10. The van der Waals surface area contributed by atoms with Crippen LogP contribution >= 0.6 is 15.9 Å². The molecule has 1 heterocycles. The Hall–Kier alpha value is -1.55. The van der Waals surface area contributed by atoms with Crippen molar-refractivity contribution >= 4 is 21.8 Å². The molecule has 0 fully saturated rings. The molecule has 0 aliphatic heterocycles. The maximum Gasteiger partial charge on any atom is 0.224 e. The van der Waals surface area contributed by atoms with Gasteiger partial charge in [0.2, 0.25) is 5.91 Å². The molecule has 2 aromatic rings. The van der Waals surface area contributed by atoms with Gasteiger partial charge in [-0.3, -0.25) is 4.79 Å². The normalized spacial score (nSPS) is 12.2. The topological polar surface area (TPSA) is 42.2 Å². The molecule has 0 radical (unpaired) electrons. The number of benzene rings is 1. The fourth-order valence-electron chi connectivity index (χ4n) is 1.84. The zero-order valence-corrected chi connectivity index (χ0v) is 12.5. The molecule has 1 unspecified atom stereocenters. The van der Waals surface area contributed by atoms with Gasteiger partial charge in [0.1, 0.15) is 11.5 Å². The minimum absolute atomic E-state index is 0.0103. The smallest absolute Gasteiger partial charge is 0.224 e. The van der Waals surface area contributed by atoms with E-state index in [9.17, 15) is 4.79 Å². The van der Waals surface area contributed by atoms with E-state index in [2.05, 4.69) is 21.2 Å². The quantitative estimate of drug-likeness (QED) is 0.931. The second kappa shape index (κ2) is 6.06. The molecule has 0 bridgehead atoms. The highest BCUT2D eigenvalue weighted by atomic mass is 79.9. The van der Waals surface area contributed by atoms with Crippen LogP contribution in [0.2, 0.25) is 0 Å². The van der Waals surface area contributed by atoms with E-state index in [0.717, 1.165) is 21.6 Å². The predicted octanol–water partition coefficient (Wildman–Crippen LogP) is 3.77. The molecule has 0 aliphatic rings. The standard InChI is InChI=1S/C15H16BrNO2/c1-10-3-8-14(19-10)11(2)17-15(18)9-12-4-6-13(16)7-5-12/h3-8,11H,9H2,1-2H3,(H,17,18). The number of aryl methyl sites for hydroxylation is 1. The van der Waals surface area contributed by atoms with E-state index < -0.39 is 0 Å². The number of hydrogen-bond donors (Lipinski definition) is 1. The summed E-state index contributed by atoms with van der Waals surface area (Å²) in [7, 11) is 0. The molecule has 1 aromatic carbocycles. The van der Waals surface area contributed by atoms with Gasteiger partial charge in [0.15, 0.2) is 0 Å². The van der Waals surface area contributed by atoms with Crippen LogP contribution in [-0.4, -0.2) is 5.91 Å². The summed E-state index contributed by atoms with van der Waals surface area (Å²) in [6, 6.07) is 11.4. The highest BCUT2D eigenvalue weighted by Gasteiger charge is 2.12. The van der Waals surface area contributed by atoms with Crippen LogP contribution in [0.25, 0.3) is 0 Å². The summed E-state index contributed by atoms with van der Waals surface area (Å²) in [4.78, 5) is 11.9. The van der Waals surface area contributed by atoms with Crippen LogP contribution in [0.1, 0.15) is 30.0 Å². The number of carbonyl (C=O) groups is 1. The zero-order valence-electron chi connectivity index (χ0n) is 10.9. The van der Waals surface area contributed by atoms with Gasteiger partial charge in [-0.25, -0.2) is 0 Å². The first-order chi connectivity index (χ1) is 9.04. The minimum Gasteiger partial charge on any atom is -0.464 e. The SMILES string of the molecule is Cc1ccc(C(C)NC(=O)Cc2ccc(Br)cc2)o1. The molecular formula is C15H16BrNO2. The van der Waals surface area contributed by atoms with Crippen LogP contribution in [0.4, 0.5) is 0 Å². The van der Waals surface area contributed by atoms with Crippen molar-refractivity contribution in [2.24, 2.45) is 0 Å². The molecule has 3 nitrogen and oxygen atoms in total. The van der Waals surface area contributed by atoms with Crippen molar-refractivity contribution < 1.29 is 9.21 Å². The van der Waals surface area contributed by atoms with Gasteiger partial charge < -0.3 is 9.73 Å². The molecule has 4 heteroatoms. The Kier molecular flexibility index (Phi) is 4.43. The van der Waals surface area contributed by atoms with Gasteiger partial charge in [0.25, 0.3) is 0 Å². The zero-order chi connectivity index (χ0) is 13.8. The third-order valence-electron chi connectivity index (χ3n) is 2.84. The number of carbonyl (C=O) groups excluding carboxylic acids is 1. The number of hydrogen-bond acceptors (Lipinski definition) is 2. The molecule has 1 atom stereocenters. The van der Waals surface area contributed by atoms with E-state index in [1.807, 2.05) is 50.2 Å². The van der Waals surface area contributed by atoms with Crippen LogP contribution in [0.15, 0.2) is 45.3 Å². The molecule has 100 valence electrons. The molecule has 19 heavy (non-hydrogen) atoms. The lowest BCUT2D eigenvalue weighted by Crippen LogP contribution is -2.27. The van der Waals surface area contributed by atoms with Gasteiger partial charge in [-0.2, -0.15) is 0 Å². The van der Waals surface area contributed by atoms with Gasteiger partial charge >= 0.3 is 0 Å². The maximum absolute atomic E-state index is 11.9. The predicted molar refractivity (Wildman–Crippen MR) is 77.8 cm³/mol. The summed E-state index contributed by atoms with van der Waals surface area (Å²) in [5.74, 6) is 1.62. The Morgan fingerprint density at radius 3 is 2.53 bits per heavy atom. The number of amides is 1. The fourth-order valence-corrected chi connectivity index (χ4v) is 2.10. The number of furan rings is 1. The van der Waals surface area contributed by atoms with Gasteiger partial charge in [-0.1, -0.05) is 28.1 Å². The van der Waals surface area contributed by atoms with E-state index in [1.54, 1.807) is 0 Å². The molecular weight excluding hydrogens is 306 g/mol. The second-order valence-corrected chi connectivity index (χ2v) is 5.46. The van der Waals surface area contributed by atoms with Gasteiger partial charge in [0, 0.05) is 4.47 Å². The lowest BCUT2D eigenvalue weighted by molar-refractivity contribution is -0.121. The Labute approximate surface area is 121 Å². The molecule has 2 rings (SSSR count). The summed E-state index contributed by atoms with van der Waals surface area (Å²) in [5.41, 5.74) is 0.989. The lowest BCUT2D eigenvalue weighted by Gasteiger charge is -2.11. The molecule has 1 amide bonds. The maximum atomic E-state index is 11.9. The first kappa shape index (κ1) is 13.9. The third-order valence-corrected chi connectivity index (χ3v) is 3.37. The van der Waals surface area contributed by atoms with Crippen molar-refractivity contribution in [2.75, 3.05) is 0 Å². The Balaban J connectivity index is 1.92. The van der Waals surface area contributed by atoms with E-state index in [0.29, 0.717) is 6.42 Å². The monoisotopic (exact) mass is 321 g/mol. The largest absolute Gasteiger partial charge is 0.464 e. The van der Waals surface area contributed by atoms with Crippen molar-refractivity contribution in [1.29, 1.82) is 0 Å². The summed E-state index contributed by atoms with van der Waals surface area (Å²) in [5, 5.41) is 2.93. The Morgan fingerprint density at radius 1 is 1.26 bits per heavy atom. The number of rotatable bonds is 4. The molecule has 1 aromatic heterocycles. The summed E-state index contributed by atoms with van der Waals surface area (Å²) >= 11 is 3.37. The van der Waals surface area contributed by atoms with Gasteiger partial charge in [-0.05, 0) is 43.7 Å². The van der Waals surface area contributed by atoms with Crippen LogP contribution in [0.5, 0.6) is 0 Å². The van der Waals surface area contributed by atoms with Crippen molar-refractivity contribution in [2.45, 2.75) is 26.3 Å². The highest BCUT2D eigenvalue weighted by Crippen LogP contribution is 2.16. The molecule has 0 aliphatic carbocycles. The Morgan fingerprint density at radius 2 is 1.95 bits per heavy atom. The summed E-state index contributed by atoms with van der Waals surface area (Å²) < 4.78 is 6.50. The Bertz CT molecular complexity index is 560. The van der Waals surface area contributed by atoms with Crippen molar-refractivity contribution in [1.82, 2.24) is 5.32 Å². The van der Waals surface area contributed by atoms with Gasteiger partial charge in [-0.15, -0.1) is 0 Å². The van der Waals surface area contributed by atoms with E-state index in [-0.39, 0.29) is 11.9 Å². The summed E-state index contributed by atoms with van der Waals surface area (Å²) in [6.45, 7) is 3.80. The van der Waals surface area contributed by atoms with Gasteiger partial charge in [0.05, 0.1) is 12.5 Å². The van der Waals surface area contributed by atoms with Crippen LogP contribution < -0.4 is 5.32 Å². The van der Waals surface area contributed by atoms with E-state index in [1.165, 1.54) is 0 Å². The van der Waals surface area contributed by atoms with Crippen molar-refractivity contribution in [3.05, 3.63) is 58.0 Å². The first-order valence-corrected chi connectivity index (χ1v) is 6.94. The third kappa shape index (κ3) is 3.96. The van der Waals surface area contributed by atoms with Crippen molar-refractivity contribution in [3.8, 4) is 0 Å². The molecule has 1 N–H and O–H groups in total. The van der Waals surface area contributed by atoms with Crippen LogP contribution in [0.3, 0.4) is 0 Å². The van der Waals surface area contributed by atoms with E-state index in [4.69, 9.17) is 4.42 Å². The summed E-state index contributed by atoms with van der Waals surface area (Å²) in [6.07, 6.45) is 0.372. The average Bonchev–Trinajstić information content (AvgIpc) is 2.79. The van der Waals surface area contributed by atoms with Crippen LogP contribution in [0, 0.1) is 6.92 Å².